The van der Waals surface area contributed by atoms with Crippen molar-refractivity contribution in [3.8, 4) is 0 Å². The van der Waals surface area contributed by atoms with Crippen LogP contribution in [0.4, 0.5) is 0 Å². The fourth-order valence-corrected chi connectivity index (χ4v) is 2.83. The molecule has 24 heavy (non-hydrogen) atoms. The number of benzene rings is 1. The second-order valence-corrected chi connectivity index (χ2v) is 6.07. The van der Waals surface area contributed by atoms with Crippen LogP contribution >= 0.6 is 0 Å². The normalized spacial score (nSPS) is 12.7. The first-order chi connectivity index (χ1) is 11.5. The van der Waals surface area contributed by atoms with Gasteiger partial charge in [0.25, 0.3) is 5.56 Å². The maximum atomic E-state index is 12.4. The van der Waals surface area contributed by atoms with Gasteiger partial charge in [-0.15, -0.1) is 0 Å². The lowest BCUT2D eigenvalue weighted by atomic mass is 10.1. The molecule has 0 aliphatic carbocycles. The predicted molar refractivity (Wildman–Crippen MR) is 93.5 cm³/mol. The van der Waals surface area contributed by atoms with Gasteiger partial charge in [0.2, 0.25) is 0 Å². The Morgan fingerprint density at radius 1 is 1.25 bits per heavy atom. The molecule has 2 aromatic heterocycles. The molecule has 1 atom stereocenters. The quantitative estimate of drug-likeness (QED) is 0.782. The molecular weight excluding hydrogens is 304 g/mol. The van der Waals surface area contributed by atoms with Crippen molar-refractivity contribution in [2.45, 2.75) is 33.2 Å². The number of H-pyrrole nitrogens is 1. The summed E-state index contributed by atoms with van der Waals surface area (Å²) < 4.78 is 6.91. The molecule has 0 aliphatic heterocycles. The first kappa shape index (κ1) is 16.4. The van der Waals surface area contributed by atoms with E-state index in [0.29, 0.717) is 35.6 Å². The molecule has 6 heteroatoms. The second-order valence-electron chi connectivity index (χ2n) is 6.07. The number of aromatic nitrogens is 4. The van der Waals surface area contributed by atoms with E-state index in [-0.39, 0.29) is 11.6 Å². The maximum absolute atomic E-state index is 12.4. The van der Waals surface area contributed by atoms with E-state index >= 15 is 0 Å². The van der Waals surface area contributed by atoms with E-state index in [0.717, 1.165) is 5.56 Å². The van der Waals surface area contributed by atoms with Crippen LogP contribution < -0.4 is 5.56 Å². The Hall–Kier alpha value is -2.47. The van der Waals surface area contributed by atoms with Crippen LogP contribution in [-0.2, 0) is 11.2 Å². The number of rotatable bonds is 5. The number of nitrogens with one attached hydrogen (secondary N) is 1. The number of aryl methyl sites for hydroxylation is 2. The van der Waals surface area contributed by atoms with Gasteiger partial charge >= 0.3 is 0 Å². The van der Waals surface area contributed by atoms with Crippen molar-refractivity contribution in [3.05, 3.63) is 57.3 Å². The van der Waals surface area contributed by atoms with Crippen molar-refractivity contribution in [1.29, 1.82) is 0 Å². The van der Waals surface area contributed by atoms with Crippen LogP contribution in [-0.4, -0.2) is 33.5 Å². The molecule has 0 aliphatic rings. The van der Waals surface area contributed by atoms with Gasteiger partial charge in [-0.3, -0.25) is 4.79 Å². The van der Waals surface area contributed by atoms with E-state index in [2.05, 4.69) is 53.2 Å². The van der Waals surface area contributed by atoms with Gasteiger partial charge in [-0.05, 0) is 26.3 Å². The fourth-order valence-electron chi connectivity index (χ4n) is 2.83. The molecule has 0 saturated heterocycles. The summed E-state index contributed by atoms with van der Waals surface area (Å²) in [5, 5.41) is 5.12. The topological polar surface area (TPSA) is 72.8 Å². The fraction of sp³-hybridized carbons (Fsp3) is 0.389. The molecule has 1 unspecified atom stereocenters. The highest BCUT2D eigenvalue weighted by Crippen LogP contribution is 2.23. The molecular formula is C18H22N4O2. The molecule has 6 nitrogen and oxygen atoms in total. The third kappa shape index (κ3) is 2.97. The van der Waals surface area contributed by atoms with E-state index in [1.54, 1.807) is 7.11 Å². The molecule has 1 N–H and O–H groups in total. The largest absolute Gasteiger partial charge is 0.384 e. The van der Waals surface area contributed by atoms with E-state index in [4.69, 9.17) is 4.74 Å². The summed E-state index contributed by atoms with van der Waals surface area (Å²) in [7, 11) is 1.63. The van der Waals surface area contributed by atoms with Crippen LogP contribution in [0.2, 0.25) is 0 Å². The van der Waals surface area contributed by atoms with E-state index in [9.17, 15) is 4.79 Å². The smallest absolute Gasteiger partial charge is 0.262 e. The highest BCUT2D eigenvalue weighted by Gasteiger charge is 2.18. The maximum Gasteiger partial charge on any atom is 0.262 e. The van der Waals surface area contributed by atoms with Gasteiger partial charge in [0.05, 0.1) is 18.3 Å². The Bertz CT molecular complexity index is 909. The molecule has 3 rings (SSSR count). The molecule has 1 aromatic carbocycles. The van der Waals surface area contributed by atoms with Gasteiger partial charge in [-0.25, -0.2) is 9.67 Å². The highest BCUT2D eigenvalue weighted by atomic mass is 16.5. The third-order valence-corrected chi connectivity index (χ3v) is 4.26. The molecule has 0 fully saturated rings. The van der Waals surface area contributed by atoms with Gasteiger partial charge in [0, 0.05) is 13.5 Å². The summed E-state index contributed by atoms with van der Waals surface area (Å²) in [6.07, 6.45) is 0.560. The lowest BCUT2D eigenvalue weighted by molar-refractivity contribution is 0.200. The minimum absolute atomic E-state index is 0.00799. The Morgan fingerprint density at radius 2 is 1.96 bits per heavy atom. The van der Waals surface area contributed by atoms with Crippen LogP contribution in [0.1, 0.15) is 35.6 Å². The van der Waals surface area contributed by atoms with Crippen LogP contribution in [0.15, 0.2) is 29.1 Å². The SMILES string of the molecule is COCCc1nc2c(c(C)nn2C(C)c2ccc(C)cc2)c(=O)[nH]1. The number of hydrogen-bond acceptors (Lipinski definition) is 4. The summed E-state index contributed by atoms with van der Waals surface area (Å²) in [5.74, 6) is 0.617. The lowest BCUT2D eigenvalue weighted by Crippen LogP contribution is -2.15. The summed E-state index contributed by atoms with van der Waals surface area (Å²) in [5.41, 5.74) is 3.51. The van der Waals surface area contributed by atoms with Crippen LogP contribution in [0.25, 0.3) is 11.0 Å². The van der Waals surface area contributed by atoms with Crippen LogP contribution in [0, 0.1) is 13.8 Å². The Kier molecular flexibility index (Phi) is 4.49. The zero-order chi connectivity index (χ0) is 17.3. The number of fused-ring (bicyclic) bond motifs is 1. The van der Waals surface area contributed by atoms with Gasteiger partial charge in [-0.1, -0.05) is 29.8 Å². The monoisotopic (exact) mass is 326 g/mol. The Balaban J connectivity index is 2.11. The summed E-state index contributed by atoms with van der Waals surface area (Å²) in [4.78, 5) is 19.9. The van der Waals surface area contributed by atoms with Crippen molar-refractivity contribution >= 4 is 11.0 Å². The number of ether oxygens (including phenoxy) is 1. The molecule has 0 bridgehead atoms. The highest BCUT2D eigenvalue weighted by molar-refractivity contribution is 5.77. The first-order valence-corrected chi connectivity index (χ1v) is 8.04. The third-order valence-electron chi connectivity index (χ3n) is 4.26. The van der Waals surface area contributed by atoms with E-state index in [1.807, 2.05) is 11.6 Å². The van der Waals surface area contributed by atoms with E-state index < -0.39 is 0 Å². The predicted octanol–water partition coefficient (Wildman–Crippen LogP) is 2.53. The number of aromatic amines is 1. The molecule has 126 valence electrons. The zero-order valence-corrected chi connectivity index (χ0v) is 14.5. The van der Waals surface area contributed by atoms with Gasteiger partial charge < -0.3 is 9.72 Å². The lowest BCUT2D eigenvalue weighted by Gasteiger charge is -2.14. The summed E-state index contributed by atoms with van der Waals surface area (Å²) >= 11 is 0. The van der Waals surface area contributed by atoms with Crippen molar-refractivity contribution < 1.29 is 4.74 Å². The van der Waals surface area contributed by atoms with Crippen molar-refractivity contribution in [2.75, 3.05) is 13.7 Å². The minimum Gasteiger partial charge on any atom is -0.384 e. The average molecular weight is 326 g/mol. The molecule has 0 amide bonds. The van der Waals surface area contributed by atoms with Gasteiger partial charge in [0.1, 0.15) is 11.2 Å². The van der Waals surface area contributed by atoms with Crippen molar-refractivity contribution in [2.24, 2.45) is 0 Å². The number of hydrogen-bond donors (Lipinski definition) is 1. The van der Waals surface area contributed by atoms with Crippen LogP contribution in [0.3, 0.4) is 0 Å². The number of nitrogens with zero attached hydrogens (tertiary/aromatic N) is 3. The first-order valence-electron chi connectivity index (χ1n) is 8.04. The number of methoxy groups -OCH3 is 1. The molecule has 3 aromatic rings. The Labute approximate surface area is 140 Å². The van der Waals surface area contributed by atoms with Gasteiger partial charge in [0.15, 0.2) is 5.65 Å². The van der Waals surface area contributed by atoms with Crippen LogP contribution in [0.5, 0.6) is 0 Å². The van der Waals surface area contributed by atoms with Crippen molar-refractivity contribution in [3.63, 3.8) is 0 Å². The van der Waals surface area contributed by atoms with Gasteiger partial charge in [-0.2, -0.15) is 5.10 Å². The standard InChI is InChI=1S/C18H22N4O2/c1-11-5-7-14(8-6-11)13(3)22-17-16(12(2)21-22)18(23)20-15(19-17)9-10-24-4/h5-8,13H,9-10H2,1-4H3,(H,19,20,23). The molecule has 2 heterocycles. The second kappa shape index (κ2) is 6.57. The summed E-state index contributed by atoms with van der Waals surface area (Å²) in [6, 6.07) is 8.32. The van der Waals surface area contributed by atoms with E-state index in [1.165, 1.54) is 5.56 Å². The molecule has 0 saturated carbocycles. The minimum atomic E-state index is -0.147. The summed E-state index contributed by atoms with van der Waals surface area (Å²) in [6.45, 7) is 6.47. The Morgan fingerprint density at radius 3 is 2.62 bits per heavy atom. The average Bonchev–Trinajstić information content (AvgIpc) is 2.90. The zero-order valence-electron chi connectivity index (χ0n) is 14.5. The molecule has 0 radical (unpaired) electrons. The molecule has 0 spiro atoms. The van der Waals surface area contributed by atoms with Crippen molar-refractivity contribution in [1.82, 2.24) is 19.7 Å².